The standard InChI is InChI=1S/C23H35N5O4S/c1-4-8-18(23(30)32-3)22(29)27-13-10-17(11-14-27)9-6-5-7-12-28-16-19(24-26-28)20-15-21(31-2)25-33-20/h15-18H,4-14H2,1-3H3. The molecule has 33 heavy (non-hydrogen) atoms. The summed E-state index contributed by atoms with van der Waals surface area (Å²) in [5, 5.41) is 8.45. The van der Waals surface area contributed by atoms with E-state index in [1.807, 2.05) is 28.8 Å². The highest BCUT2D eigenvalue weighted by molar-refractivity contribution is 7.09. The lowest BCUT2D eigenvalue weighted by Gasteiger charge is -2.33. The molecule has 1 amide bonds. The summed E-state index contributed by atoms with van der Waals surface area (Å²) in [6.07, 6.45) is 9.88. The van der Waals surface area contributed by atoms with Gasteiger partial charge in [-0.25, -0.2) is 0 Å². The molecule has 0 aromatic carbocycles. The van der Waals surface area contributed by atoms with Crippen LogP contribution >= 0.6 is 11.5 Å². The van der Waals surface area contributed by atoms with Crippen molar-refractivity contribution >= 4 is 23.4 Å². The average Bonchev–Trinajstić information content (AvgIpc) is 3.51. The van der Waals surface area contributed by atoms with E-state index in [1.165, 1.54) is 31.5 Å². The Hall–Kier alpha value is -2.49. The van der Waals surface area contributed by atoms with E-state index in [1.54, 1.807) is 7.11 Å². The molecule has 2 aromatic rings. The number of ether oxygens (including phenoxy) is 2. The van der Waals surface area contributed by atoms with Crippen LogP contribution in [0.5, 0.6) is 5.88 Å². The quantitative estimate of drug-likeness (QED) is 0.260. The van der Waals surface area contributed by atoms with Crippen LogP contribution in [0.1, 0.15) is 58.3 Å². The normalized spacial score (nSPS) is 15.4. The van der Waals surface area contributed by atoms with Gasteiger partial charge in [-0.05, 0) is 43.1 Å². The molecule has 1 fully saturated rings. The van der Waals surface area contributed by atoms with Crippen molar-refractivity contribution in [1.29, 1.82) is 0 Å². The minimum Gasteiger partial charge on any atom is -0.480 e. The highest BCUT2D eigenvalue weighted by Gasteiger charge is 2.32. The Kier molecular flexibility index (Phi) is 9.65. The fourth-order valence-electron chi connectivity index (χ4n) is 4.32. The molecule has 1 atom stereocenters. The smallest absolute Gasteiger partial charge is 0.318 e. The first-order valence-electron chi connectivity index (χ1n) is 11.8. The van der Waals surface area contributed by atoms with Crippen LogP contribution in [0.3, 0.4) is 0 Å². The van der Waals surface area contributed by atoms with Crippen molar-refractivity contribution in [2.24, 2.45) is 11.8 Å². The SMILES string of the molecule is CCCC(C(=O)OC)C(=O)N1CCC(CCCCCn2cc(-c3cc(OC)ns3)nn2)CC1. The zero-order valence-electron chi connectivity index (χ0n) is 19.9. The Labute approximate surface area is 199 Å². The lowest BCUT2D eigenvalue weighted by molar-refractivity contribution is -0.154. The third kappa shape index (κ3) is 6.99. The molecule has 0 bridgehead atoms. The van der Waals surface area contributed by atoms with Crippen molar-refractivity contribution in [2.45, 2.75) is 64.8 Å². The number of piperidine rings is 1. The molecule has 1 aliphatic rings. The monoisotopic (exact) mass is 477 g/mol. The van der Waals surface area contributed by atoms with Gasteiger partial charge in [0.25, 0.3) is 0 Å². The molecular formula is C23H35N5O4S. The maximum absolute atomic E-state index is 12.7. The Bertz CT molecular complexity index is 891. The Morgan fingerprint density at radius 3 is 2.67 bits per heavy atom. The third-order valence-corrected chi connectivity index (χ3v) is 7.07. The largest absolute Gasteiger partial charge is 0.480 e. The van der Waals surface area contributed by atoms with Gasteiger partial charge in [0.05, 0.1) is 25.3 Å². The first-order valence-corrected chi connectivity index (χ1v) is 12.6. The molecule has 10 heteroatoms. The number of unbranched alkanes of at least 4 members (excludes halogenated alkanes) is 2. The van der Waals surface area contributed by atoms with Crippen molar-refractivity contribution in [2.75, 3.05) is 27.3 Å². The highest BCUT2D eigenvalue weighted by Crippen LogP contribution is 2.27. The second kappa shape index (κ2) is 12.7. The minimum atomic E-state index is -0.646. The Morgan fingerprint density at radius 2 is 2.00 bits per heavy atom. The minimum absolute atomic E-state index is 0.0638. The number of hydrogen-bond acceptors (Lipinski definition) is 8. The van der Waals surface area contributed by atoms with Crippen LogP contribution in [0, 0.1) is 11.8 Å². The molecular weight excluding hydrogens is 442 g/mol. The van der Waals surface area contributed by atoms with Crippen LogP contribution < -0.4 is 4.74 Å². The number of hydrogen-bond donors (Lipinski definition) is 0. The molecule has 1 saturated heterocycles. The van der Waals surface area contributed by atoms with Gasteiger partial charge in [0.15, 0.2) is 0 Å². The van der Waals surface area contributed by atoms with Crippen LogP contribution in [0.25, 0.3) is 10.6 Å². The predicted octanol–water partition coefficient (Wildman–Crippen LogP) is 3.80. The number of nitrogens with zero attached hydrogens (tertiary/aromatic N) is 5. The van der Waals surface area contributed by atoms with Crippen molar-refractivity contribution in [3.05, 3.63) is 12.3 Å². The first kappa shape index (κ1) is 25.1. The number of carbonyl (C=O) groups is 2. The van der Waals surface area contributed by atoms with E-state index in [2.05, 4.69) is 14.7 Å². The topological polar surface area (TPSA) is 99.4 Å². The summed E-state index contributed by atoms with van der Waals surface area (Å²) in [5.74, 6) is 0.133. The van der Waals surface area contributed by atoms with Crippen LogP contribution in [-0.4, -0.2) is 63.5 Å². The summed E-state index contributed by atoms with van der Waals surface area (Å²) in [4.78, 5) is 27.5. The number of amides is 1. The number of carbonyl (C=O) groups excluding carboxylic acids is 2. The van der Waals surface area contributed by atoms with E-state index >= 15 is 0 Å². The van der Waals surface area contributed by atoms with Crippen LogP contribution in [0.15, 0.2) is 12.3 Å². The van der Waals surface area contributed by atoms with Crippen molar-refractivity contribution in [3.63, 3.8) is 0 Å². The first-order chi connectivity index (χ1) is 16.0. The third-order valence-electron chi connectivity index (χ3n) is 6.28. The highest BCUT2D eigenvalue weighted by atomic mass is 32.1. The van der Waals surface area contributed by atoms with Crippen molar-refractivity contribution in [3.8, 4) is 16.5 Å². The van der Waals surface area contributed by atoms with Gasteiger partial charge in [0, 0.05) is 25.7 Å². The molecule has 0 radical (unpaired) electrons. The maximum Gasteiger partial charge on any atom is 0.318 e. The molecule has 3 heterocycles. The summed E-state index contributed by atoms with van der Waals surface area (Å²) in [6, 6.07) is 1.87. The summed E-state index contributed by atoms with van der Waals surface area (Å²) in [6.45, 7) is 4.31. The van der Waals surface area contributed by atoms with Gasteiger partial charge in [-0.15, -0.1) is 5.10 Å². The number of aromatic nitrogens is 4. The van der Waals surface area contributed by atoms with Crippen molar-refractivity contribution < 1.29 is 19.1 Å². The van der Waals surface area contributed by atoms with Gasteiger partial charge >= 0.3 is 5.97 Å². The second-order valence-corrected chi connectivity index (χ2v) is 9.39. The van der Waals surface area contributed by atoms with Gasteiger partial charge in [0.1, 0.15) is 11.6 Å². The number of esters is 1. The van der Waals surface area contributed by atoms with E-state index in [4.69, 9.17) is 9.47 Å². The van der Waals surface area contributed by atoms with Gasteiger partial charge in [-0.3, -0.25) is 14.3 Å². The fourth-order valence-corrected chi connectivity index (χ4v) is 4.97. The summed E-state index contributed by atoms with van der Waals surface area (Å²) < 4.78 is 16.0. The molecule has 0 aliphatic carbocycles. The zero-order chi connectivity index (χ0) is 23.6. The second-order valence-electron chi connectivity index (χ2n) is 8.58. The fraction of sp³-hybridized carbons (Fsp3) is 0.696. The predicted molar refractivity (Wildman–Crippen MR) is 126 cm³/mol. The molecule has 0 spiro atoms. The lowest BCUT2D eigenvalue weighted by Crippen LogP contribution is -2.44. The average molecular weight is 478 g/mol. The molecule has 0 saturated carbocycles. The molecule has 1 aliphatic heterocycles. The van der Waals surface area contributed by atoms with Crippen molar-refractivity contribution in [1.82, 2.24) is 24.3 Å². The van der Waals surface area contributed by atoms with Gasteiger partial charge in [-0.1, -0.05) is 37.8 Å². The zero-order valence-corrected chi connectivity index (χ0v) is 20.7. The number of methoxy groups -OCH3 is 2. The molecule has 0 N–H and O–H groups in total. The van der Waals surface area contributed by atoms with Crippen LogP contribution in [0.4, 0.5) is 0 Å². The molecule has 9 nitrogen and oxygen atoms in total. The van der Waals surface area contributed by atoms with E-state index in [0.29, 0.717) is 18.2 Å². The molecule has 3 rings (SSSR count). The van der Waals surface area contributed by atoms with Gasteiger partial charge < -0.3 is 14.4 Å². The molecule has 182 valence electrons. The number of likely N-dealkylation sites (tertiary alicyclic amines) is 1. The van der Waals surface area contributed by atoms with E-state index in [0.717, 1.165) is 62.3 Å². The van der Waals surface area contributed by atoms with Crippen LogP contribution in [-0.2, 0) is 20.9 Å². The molecule has 2 aromatic heterocycles. The summed E-state index contributed by atoms with van der Waals surface area (Å²) >= 11 is 1.36. The Morgan fingerprint density at radius 1 is 1.21 bits per heavy atom. The summed E-state index contributed by atoms with van der Waals surface area (Å²) in [7, 11) is 2.96. The van der Waals surface area contributed by atoms with E-state index in [-0.39, 0.29) is 5.91 Å². The van der Waals surface area contributed by atoms with Gasteiger partial charge in [0.2, 0.25) is 11.8 Å². The lowest BCUT2D eigenvalue weighted by atomic mass is 9.90. The van der Waals surface area contributed by atoms with Crippen LogP contribution in [0.2, 0.25) is 0 Å². The number of aryl methyl sites for hydroxylation is 1. The maximum atomic E-state index is 12.7. The van der Waals surface area contributed by atoms with E-state index in [9.17, 15) is 9.59 Å². The summed E-state index contributed by atoms with van der Waals surface area (Å²) in [5.41, 5.74) is 0.825. The number of rotatable bonds is 12. The van der Waals surface area contributed by atoms with Gasteiger partial charge in [-0.2, -0.15) is 4.37 Å². The molecule has 1 unspecified atom stereocenters. The Balaban J connectivity index is 1.32. The van der Waals surface area contributed by atoms with E-state index < -0.39 is 11.9 Å².